The maximum absolute atomic E-state index is 11.0. The second-order valence-corrected chi connectivity index (χ2v) is 3.60. The van der Waals surface area contributed by atoms with Gasteiger partial charge in [0.1, 0.15) is 0 Å². The topological polar surface area (TPSA) is 106 Å². The Labute approximate surface area is 103 Å². The van der Waals surface area contributed by atoms with Crippen LogP contribution in [0.4, 0.5) is 11.7 Å². The highest BCUT2D eigenvalue weighted by atomic mass is 16.4. The molecule has 1 aromatic carbocycles. The minimum Gasteiger partial charge on any atom is -0.406 e. The molecule has 0 bridgehead atoms. The molecule has 0 unspecified atom stereocenters. The second-order valence-electron chi connectivity index (χ2n) is 3.60. The summed E-state index contributed by atoms with van der Waals surface area (Å²) in [6, 6.07) is 7.00. The lowest BCUT2D eigenvalue weighted by Crippen LogP contribution is -2.10. The first-order chi connectivity index (χ1) is 8.69. The molecule has 7 heteroatoms. The Morgan fingerprint density at radius 3 is 3.00 bits per heavy atom. The van der Waals surface area contributed by atoms with E-state index in [1.807, 2.05) is 0 Å². The van der Waals surface area contributed by atoms with E-state index in [2.05, 4.69) is 20.8 Å². The summed E-state index contributed by atoms with van der Waals surface area (Å²) in [6.45, 7) is 0.496. The smallest absolute Gasteiger partial charge is 0.320 e. The highest BCUT2D eigenvalue weighted by molar-refractivity contribution is 5.93. The van der Waals surface area contributed by atoms with Crippen LogP contribution in [0, 0.1) is 0 Å². The van der Waals surface area contributed by atoms with Crippen molar-refractivity contribution in [2.45, 2.75) is 6.54 Å². The molecular weight excluding hydrogens is 234 g/mol. The van der Waals surface area contributed by atoms with Gasteiger partial charge in [-0.25, -0.2) is 0 Å². The van der Waals surface area contributed by atoms with E-state index in [9.17, 15) is 4.79 Å². The van der Waals surface area contributed by atoms with Gasteiger partial charge in [-0.1, -0.05) is 11.2 Å². The summed E-state index contributed by atoms with van der Waals surface area (Å²) < 4.78 is 5.32. The maximum atomic E-state index is 11.0. The molecule has 2 rings (SSSR count). The Kier molecular flexibility index (Phi) is 3.54. The summed E-state index contributed by atoms with van der Waals surface area (Å²) >= 11 is 0. The Hall–Kier alpha value is -2.41. The number of nitrogens with one attached hydrogen (secondary N) is 2. The molecule has 0 saturated carbocycles. The van der Waals surface area contributed by atoms with Gasteiger partial charge in [-0.2, -0.15) is 0 Å². The number of hydrogen-bond donors (Lipinski definition) is 3. The third-order valence-electron chi connectivity index (χ3n) is 2.19. The van der Waals surface area contributed by atoms with E-state index in [4.69, 9.17) is 10.2 Å². The monoisotopic (exact) mass is 247 g/mol. The Balaban J connectivity index is 2.12. The molecular formula is C11H13N5O2. The van der Waals surface area contributed by atoms with E-state index < -0.39 is 5.91 Å². The minimum atomic E-state index is -0.486. The first-order valence-corrected chi connectivity index (χ1v) is 5.33. The number of aromatic nitrogens is 2. The van der Waals surface area contributed by atoms with Gasteiger partial charge in [0.15, 0.2) is 0 Å². The molecule has 2 aromatic rings. The standard InChI is InChI=1S/C11H13N5O2/c1-13-6-9-15-16-11(18-9)14-8-4-2-3-7(5-8)10(12)17/h2-5,13H,6H2,1H3,(H2,12,17)(H,14,16). The second kappa shape index (κ2) is 5.28. The van der Waals surface area contributed by atoms with Crippen molar-refractivity contribution in [1.82, 2.24) is 15.5 Å². The van der Waals surface area contributed by atoms with Crippen LogP contribution in [-0.2, 0) is 6.54 Å². The Bertz CT molecular complexity index is 552. The number of nitrogens with zero attached hydrogens (tertiary/aromatic N) is 2. The van der Waals surface area contributed by atoms with Crippen LogP contribution in [0.25, 0.3) is 0 Å². The van der Waals surface area contributed by atoms with Crippen molar-refractivity contribution in [2.24, 2.45) is 5.73 Å². The highest BCUT2D eigenvalue weighted by Crippen LogP contribution is 2.16. The number of nitrogens with two attached hydrogens (primary N) is 1. The summed E-state index contributed by atoms with van der Waals surface area (Å²) in [7, 11) is 1.79. The molecule has 0 aliphatic carbocycles. The summed E-state index contributed by atoms with van der Waals surface area (Å²) in [5.74, 6) is -0.00823. The number of carbonyl (C=O) groups is 1. The zero-order chi connectivity index (χ0) is 13.0. The molecule has 0 atom stereocenters. The number of amides is 1. The average molecular weight is 247 g/mol. The van der Waals surface area contributed by atoms with E-state index in [1.54, 1.807) is 31.3 Å². The van der Waals surface area contributed by atoms with Crippen molar-refractivity contribution >= 4 is 17.6 Å². The lowest BCUT2D eigenvalue weighted by molar-refractivity contribution is 0.100. The normalized spacial score (nSPS) is 10.3. The molecule has 1 heterocycles. The number of hydrogen-bond acceptors (Lipinski definition) is 6. The average Bonchev–Trinajstić information content (AvgIpc) is 2.77. The van der Waals surface area contributed by atoms with E-state index >= 15 is 0 Å². The lowest BCUT2D eigenvalue weighted by atomic mass is 10.2. The van der Waals surface area contributed by atoms with Crippen LogP contribution < -0.4 is 16.4 Å². The fourth-order valence-corrected chi connectivity index (χ4v) is 1.40. The fraction of sp³-hybridized carbons (Fsp3) is 0.182. The molecule has 1 aromatic heterocycles. The quantitative estimate of drug-likeness (QED) is 0.715. The third kappa shape index (κ3) is 2.83. The molecule has 0 radical (unpaired) electrons. The molecule has 0 aliphatic rings. The van der Waals surface area contributed by atoms with E-state index in [0.717, 1.165) is 0 Å². The van der Waals surface area contributed by atoms with Gasteiger partial charge >= 0.3 is 6.01 Å². The predicted molar refractivity (Wildman–Crippen MR) is 65.3 cm³/mol. The molecule has 0 fully saturated rings. The number of anilines is 2. The SMILES string of the molecule is CNCc1nnc(Nc2cccc(C(N)=O)c2)o1. The first kappa shape index (κ1) is 12.1. The maximum Gasteiger partial charge on any atom is 0.320 e. The molecule has 0 saturated heterocycles. The van der Waals surface area contributed by atoms with Crippen molar-refractivity contribution in [3.63, 3.8) is 0 Å². The summed E-state index contributed by atoms with van der Waals surface area (Å²) in [5.41, 5.74) is 6.26. The summed E-state index contributed by atoms with van der Waals surface area (Å²) in [6.07, 6.45) is 0. The molecule has 4 N–H and O–H groups in total. The van der Waals surface area contributed by atoms with Crippen LogP contribution in [0.1, 0.15) is 16.2 Å². The van der Waals surface area contributed by atoms with E-state index in [0.29, 0.717) is 23.7 Å². The van der Waals surface area contributed by atoms with Gasteiger partial charge in [0.2, 0.25) is 11.8 Å². The summed E-state index contributed by atoms with van der Waals surface area (Å²) in [4.78, 5) is 11.0. The van der Waals surface area contributed by atoms with Gasteiger partial charge in [0.05, 0.1) is 6.54 Å². The number of carbonyl (C=O) groups excluding carboxylic acids is 1. The fourth-order valence-electron chi connectivity index (χ4n) is 1.40. The van der Waals surface area contributed by atoms with Gasteiger partial charge in [0.25, 0.3) is 0 Å². The van der Waals surface area contributed by atoms with Gasteiger partial charge in [0, 0.05) is 11.3 Å². The van der Waals surface area contributed by atoms with Gasteiger partial charge in [-0.3, -0.25) is 4.79 Å². The van der Waals surface area contributed by atoms with Crippen LogP contribution in [-0.4, -0.2) is 23.2 Å². The van der Waals surface area contributed by atoms with E-state index in [1.165, 1.54) is 0 Å². The molecule has 18 heavy (non-hydrogen) atoms. The van der Waals surface area contributed by atoms with Gasteiger partial charge in [-0.15, -0.1) is 5.10 Å². The number of benzene rings is 1. The first-order valence-electron chi connectivity index (χ1n) is 5.33. The highest BCUT2D eigenvalue weighted by Gasteiger charge is 2.06. The van der Waals surface area contributed by atoms with Crippen molar-refractivity contribution in [3.05, 3.63) is 35.7 Å². The lowest BCUT2D eigenvalue weighted by Gasteiger charge is -2.02. The zero-order valence-electron chi connectivity index (χ0n) is 9.80. The number of primary amides is 1. The molecule has 7 nitrogen and oxygen atoms in total. The third-order valence-corrected chi connectivity index (χ3v) is 2.19. The largest absolute Gasteiger partial charge is 0.406 e. The Morgan fingerprint density at radius 2 is 2.28 bits per heavy atom. The molecule has 1 amide bonds. The van der Waals surface area contributed by atoms with Crippen LogP contribution in [0.2, 0.25) is 0 Å². The van der Waals surface area contributed by atoms with Crippen LogP contribution in [0.5, 0.6) is 0 Å². The summed E-state index contributed by atoms with van der Waals surface area (Å²) in [5, 5.41) is 13.4. The van der Waals surface area contributed by atoms with Crippen molar-refractivity contribution in [3.8, 4) is 0 Å². The Morgan fingerprint density at radius 1 is 1.44 bits per heavy atom. The van der Waals surface area contributed by atoms with Crippen molar-refractivity contribution < 1.29 is 9.21 Å². The van der Waals surface area contributed by atoms with Crippen molar-refractivity contribution in [2.75, 3.05) is 12.4 Å². The minimum absolute atomic E-state index is 0.266. The predicted octanol–water partition coefficient (Wildman–Crippen LogP) is 0.631. The van der Waals surface area contributed by atoms with Crippen LogP contribution in [0.15, 0.2) is 28.7 Å². The zero-order valence-corrected chi connectivity index (χ0v) is 9.80. The van der Waals surface area contributed by atoms with Crippen LogP contribution >= 0.6 is 0 Å². The van der Waals surface area contributed by atoms with Gasteiger partial charge in [-0.05, 0) is 25.2 Å². The molecule has 0 spiro atoms. The van der Waals surface area contributed by atoms with Crippen molar-refractivity contribution in [1.29, 1.82) is 0 Å². The molecule has 94 valence electrons. The van der Waals surface area contributed by atoms with Gasteiger partial charge < -0.3 is 20.8 Å². The molecule has 0 aliphatic heterocycles. The van der Waals surface area contributed by atoms with E-state index in [-0.39, 0.29) is 6.01 Å². The number of rotatable bonds is 5. The van der Waals surface area contributed by atoms with Crippen LogP contribution in [0.3, 0.4) is 0 Å².